The van der Waals surface area contributed by atoms with Gasteiger partial charge >= 0.3 is 12.1 Å². The Morgan fingerprint density at radius 1 is 1.32 bits per heavy atom. The van der Waals surface area contributed by atoms with Gasteiger partial charge in [0.1, 0.15) is 5.82 Å². The molecule has 3 rings (SSSR count). The molecule has 1 saturated heterocycles. The van der Waals surface area contributed by atoms with Crippen molar-refractivity contribution >= 4 is 27.8 Å². The number of aromatic nitrogens is 2. The third-order valence-corrected chi connectivity index (χ3v) is 5.29. The minimum absolute atomic E-state index is 0.246. The molecule has 1 aliphatic heterocycles. The summed E-state index contributed by atoms with van der Waals surface area (Å²) in [5.74, 6) is -3.64. The maximum atomic E-state index is 12.6. The summed E-state index contributed by atoms with van der Waals surface area (Å²) in [7, 11) is 3.43. The van der Waals surface area contributed by atoms with Crippen LogP contribution >= 0.6 is 15.9 Å². The fourth-order valence-corrected chi connectivity index (χ4v) is 3.38. The van der Waals surface area contributed by atoms with E-state index in [1.165, 1.54) is 11.6 Å². The topological polar surface area (TPSA) is 134 Å². The summed E-state index contributed by atoms with van der Waals surface area (Å²) in [5.41, 5.74) is -0.0599. The molecule has 14 heteroatoms. The van der Waals surface area contributed by atoms with Gasteiger partial charge in [-0.05, 0) is 24.7 Å². The van der Waals surface area contributed by atoms with Crippen LogP contribution in [-0.4, -0.2) is 69.5 Å². The monoisotopic (exact) mass is 550 g/mol. The Hall–Kier alpha value is -2.97. The second-order valence-corrected chi connectivity index (χ2v) is 8.13. The molecule has 0 radical (unpaired) electrons. The van der Waals surface area contributed by atoms with Gasteiger partial charge in [-0.2, -0.15) is 13.2 Å². The molecule has 1 unspecified atom stereocenters. The highest BCUT2D eigenvalue weighted by Crippen LogP contribution is 2.22. The van der Waals surface area contributed by atoms with E-state index in [9.17, 15) is 27.9 Å². The van der Waals surface area contributed by atoms with Gasteiger partial charge in [-0.1, -0.05) is 28.1 Å². The van der Waals surface area contributed by atoms with Crippen LogP contribution in [0.3, 0.4) is 0 Å². The van der Waals surface area contributed by atoms with Crippen molar-refractivity contribution in [3.63, 3.8) is 0 Å². The lowest BCUT2D eigenvalue weighted by atomic mass is 10.2. The van der Waals surface area contributed by atoms with Gasteiger partial charge in [-0.15, -0.1) is 0 Å². The molecule has 1 aromatic heterocycles. The summed E-state index contributed by atoms with van der Waals surface area (Å²) in [5, 5.41) is 20.0. The first-order chi connectivity index (χ1) is 15.8. The highest BCUT2D eigenvalue weighted by Gasteiger charge is 2.38. The fraction of sp³-hybridized carbons (Fsp3) is 0.400. The number of nitrogens with zero attached hydrogens (tertiary/aromatic N) is 3. The summed E-state index contributed by atoms with van der Waals surface area (Å²) in [6.07, 6.45) is -5.08. The molecule has 186 valence electrons. The van der Waals surface area contributed by atoms with Crippen molar-refractivity contribution < 1.29 is 37.7 Å². The number of benzene rings is 1. The number of carbonyl (C=O) groups excluding carboxylic acids is 1. The quantitative estimate of drug-likeness (QED) is 0.524. The third kappa shape index (κ3) is 7.01. The average molecular weight is 551 g/mol. The van der Waals surface area contributed by atoms with Crippen LogP contribution in [0.4, 0.5) is 13.2 Å². The number of carboxylic acids is 1. The van der Waals surface area contributed by atoms with Crippen molar-refractivity contribution in [3.05, 3.63) is 56.2 Å². The van der Waals surface area contributed by atoms with Gasteiger partial charge in [-0.25, -0.2) is 9.78 Å². The first kappa shape index (κ1) is 27.3. The van der Waals surface area contributed by atoms with E-state index in [0.29, 0.717) is 25.6 Å². The number of hydrogen-bond donors (Lipinski definition) is 3. The lowest BCUT2D eigenvalue weighted by Gasteiger charge is -2.32. The number of ether oxygens (including phenoxy) is 1. The van der Waals surface area contributed by atoms with Crippen LogP contribution in [0.2, 0.25) is 0 Å². The minimum atomic E-state index is -5.08. The Bertz CT molecular complexity index is 1110. The maximum absolute atomic E-state index is 12.6. The molecule has 0 bridgehead atoms. The summed E-state index contributed by atoms with van der Waals surface area (Å²) in [6.45, 7) is 1.89. The number of halogens is 4. The van der Waals surface area contributed by atoms with Crippen LogP contribution in [0.25, 0.3) is 0 Å². The number of amides is 1. The molecule has 3 N–H and O–H groups in total. The molecule has 1 atom stereocenters. The molecule has 34 heavy (non-hydrogen) atoms. The van der Waals surface area contributed by atoms with Gasteiger partial charge in [0.15, 0.2) is 5.69 Å². The van der Waals surface area contributed by atoms with E-state index in [1.54, 1.807) is 0 Å². The predicted octanol–water partition coefficient (Wildman–Crippen LogP) is 1.81. The number of alkyl halides is 3. The Balaban J connectivity index is 0.000000509. The second-order valence-electron chi connectivity index (χ2n) is 7.22. The first-order valence-electron chi connectivity index (χ1n) is 9.73. The van der Waals surface area contributed by atoms with Gasteiger partial charge in [0.2, 0.25) is 5.75 Å². The normalized spacial score (nSPS) is 16.4. The van der Waals surface area contributed by atoms with E-state index in [1.807, 2.05) is 36.2 Å². The van der Waals surface area contributed by atoms with Gasteiger partial charge < -0.3 is 20.3 Å². The van der Waals surface area contributed by atoms with Gasteiger partial charge in [-0.3, -0.25) is 19.1 Å². The molecule has 2 aromatic rings. The molecule has 0 spiro atoms. The molecule has 10 nitrogen and oxygen atoms in total. The second kappa shape index (κ2) is 11.4. The van der Waals surface area contributed by atoms with Gasteiger partial charge in [0.05, 0.1) is 19.3 Å². The van der Waals surface area contributed by atoms with Crippen molar-refractivity contribution in [2.75, 3.05) is 26.8 Å². The average Bonchev–Trinajstić information content (AvgIpc) is 2.77. The lowest BCUT2D eigenvalue weighted by molar-refractivity contribution is -0.192. The number of carbonyl (C=O) groups is 2. The number of likely N-dealkylation sites (N-methyl/N-ethyl adjacent to an activating group) is 1. The molecule has 0 saturated carbocycles. The van der Waals surface area contributed by atoms with Crippen LogP contribution in [0.1, 0.15) is 27.9 Å². The SMILES string of the molecule is CN1CCOCC1c1nc(C(=O)NCc2cccc(Br)c2)c(O)c(=O)n1C.O=C(O)C(F)(F)F. The van der Waals surface area contributed by atoms with Gasteiger partial charge in [0.25, 0.3) is 11.5 Å². The van der Waals surface area contributed by atoms with Gasteiger partial charge in [0, 0.05) is 24.6 Å². The maximum Gasteiger partial charge on any atom is 0.490 e. The number of nitrogens with one attached hydrogen (secondary N) is 1. The molecular weight excluding hydrogens is 529 g/mol. The molecule has 1 amide bonds. The van der Waals surface area contributed by atoms with Crippen LogP contribution in [0, 0.1) is 0 Å². The van der Waals surface area contributed by atoms with E-state index in [-0.39, 0.29) is 18.3 Å². The van der Waals surface area contributed by atoms with E-state index < -0.39 is 29.4 Å². The summed E-state index contributed by atoms with van der Waals surface area (Å²) in [4.78, 5) is 40.2. The van der Waals surface area contributed by atoms with E-state index in [2.05, 4.69) is 26.2 Å². The van der Waals surface area contributed by atoms with Crippen molar-refractivity contribution in [1.29, 1.82) is 0 Å². The smallest absolute Gasteiger partial charge is 0.490 e. The zero-order valence-electron chi connectivity index (χ0n) is 18.1. The van der Waals surface area contributed by atoms with Crippen LogP contribution in [0.15, 0.2) is 33.5 Å². The highest BCUT2D eigenvalue weighted by atomic mass is 79.9. The molecule has 1 fully saturated rings. The van der Waals surface area contributed by atoms with Crippen LogP contribution in [0.5, 0.6) is 5.75 Å². The Morgan fingerprint density at radius 2 is 1.97 bits per heavy atom. The summed E-state index contributed by atoms with van der Waals surface area (Å²) >= 11 is 3.38. The fourth-order valence-electron chi connectivity index (χ4n) is 2.93. The first-order valence-corrected chi connectivity index (χ1v) is 10.5. The molecule has 2 heterocycles. The number of morpholine rings is 1. The minimum Gasteiger partial charge on any atom is -0.501 e. The zero-order valence-corrected chi connectivity index (χ0v) is 19.7. The number of hydrogen-bond acceptors (Lipinski definition) is 7. The Kier molecular flexibility index (Phi) is 9.18. The molecule has 1 aliphatic rings. The lowest BCUT2D eigenvalue weighted by Crippen LogP contribution is -2.41. The van der Waals surface area contributed by atoms with E-state index in [0.717, 1.165) is 10.0 Å². The standard InChI is InChI=1S/C18H21BrN4O4.C2HF3O2/c1-22-6-7-27-10-13(22)16-21-14(15(24)18(26)23(16)2)17(25)20-9-11-4-3-5-12(19)8-11;3-2(4,5)1(6)7/h3-5,8,13,24H,6-7,9-10H2,1-2H3,(H,20,25);(H,6,7). The number of aliphatic carboxylic acids is 1. The Morgan fingerprint density at radius 3 is 2.53 bits per heavy atom. The van der Waals surface area contributed by atoms with E-state index in [4.69, 9.17) is 14.6 Å². The van der Waals surface area contributed by atoms with Crippen molar-refractivity contribution in [2.24, 2.45) is 7.05 Å². The summed E-state index contributed by atoms with van der Waals surface area (Å²) < 4.78 is 39.4. The largest absolute Gasteiger partial charge is 0.501 e. The van der Waals surface area contributed by atoms with Crippen LogP contribution < -0.4 is 10.9 Å². The molecular formula is C20H22BrF3N4O6. The van der Waals surface area contributed by atoms with Crippen molar-refractivity contribution in [3.8, 4) is 5.75 Å². The van der Waals surface area contributed by atoms with Crippen molar-refractivity contribution in [2.45, 2.75) is 18.8 Å². The van der Waals surface area contributed by atoms with E-state index >= 15 is 0 Å². The van der Waals surface area contributed by atoms with Crippen LogP contribution in [-0.2, 0) is 23.1 Å². The zero-order chi connectivity index (χ0) is 25.6. The molecule has 0 aliphatic carbocycles. The van der Waals surface area contributed by atoms with Crippen molar-refractivity contribution in [1.82, 2.24) is 19.8 Å². The number of aromatic hydroxyl groups is 1. The summed E-state index contributed by atoms with van der Waals surface area (Å²) in [6, 6.07) is 7.21. The Labute approximate surface area is 200 Å². The highest BCUT2D eigenvalue weighted by molar-refractivity contribution is 9.10. The number of carboxylic acid groups (broad SMARTS) is 1. The predicted molar refractivity (Wildman–Crippen MR) is 116 cm³/mol. The molecule has 1 aromatic carbocycles. The number of rotatable bonds is 4. The third-order valence-electron chi connectivity index (χ3n) is 4.80.